The van der Waals surface area contributed by atoms with E-state index in [9.17, 15) is 9.59 Å². The van der Waals surface area contributed by atoms with Crippen molar-refractivity contribution >= 4 is 41.8 Å². The molecule has 1 aromatic carbocycles. The summed E-state index contributed by atoms with van der Waals surface area (Å²) in [7, 11) is 1.73. The molecule has 176 valence electrons. The SMILES string of the molecule is C#CCOc1ccc(CCNC(=NC)NCCCN2C(=O)C3C4C=CC(C4)C3C2=O)cc1.I. The fraction of sp³-hybridized carbons (Fsp3) is 0.480. The molecule has 2 amide bonds. The van der Waals surface area contributed by atoms with E-state index in [1.807, 2.05) is 24.3 Å². The molecule has 1 aromatic rings. The Morgan fingerprint density at radius 3 is 2.36 bits per heavy atom. The highest BCUT2D eigenvalue weighted by Gasteiger charge is 2.58. The van der Waals surface area contributed by atoms with Crippen LogP contribution in [0.25, 0.3) is 0 Å². The predicted molar refractivity (Wildman–Crippen MR) is 138 cm³/mol. The van der Waals surface area contributed by atoms with Crippen molar-refractivity contribution < 1.29 is 14.3 Å². The Morgan fingerprint density at radius 2 is 1.76 bits per heavy atom. The molecular weight excluding hydrogens is 531 g/mol. The first kappa shape index (κ1) is 25.1. The lowest BCUT2D eigenvalue weighted by molar-refractivity contribution is -0.140. The number of ether oxygens (including phenoxy) is 1. The van der Waals surface area contributed by atoms with Gasteiger partial charge in [-0.25, -0.2) is 0 Å². The summed E-state index contributed by atoms with van der Waals surface area (Å²) in [5, 5.41) is 6.55. The van der Waals surface area contributed by atoms with Crippen molar-refractivity contribution in [2.75, 3.05) is 33.3 Å². The Kier molecular flexibility index (Phi) is 8.78. The minimum absolute atomic E-state index is 0. The molecule has 1 heterocycles. The smallest absolute Gasteiger partial charge is 0.233 e. The van der Waals surface area contributed by atoms with Gasteiger partial charge in [-0.05, 0) is 48.8 Å². The third-order valence-electron chi connectivity index (χ3n) is 6.59. The second-order valence-corrected chi connectivity index (χ2v) is 8.49. The Morgan fingerprint density at radius 1 is 1.12 bits per heavy atom. The zero-order valence-electron chi connectivity index (χ0n) is 18.8. The van der Waals surface area contributed by atoms with E-state index in [1.165, 1.54) is 10.5 Å². The number of nitrogens with one attached hydrogen (secondary N) is 2. The van der Waals surface area contributed by atoms with Crippen molar-refractivity contribution in [3.63, 3.8) is 0 Å². The monoisotopic (exact) mass is 562 g/mol. The molecule has 1 saturated heterocycles. The average Bonchev–Trinajstić information content (AvgIpc) is 3.49. The molecule has 4 unspecified atom stereocenters. The van der Waals surface area contributed by atoms with E-state index in [0.717, 1.165) is 25.1 Å². The third-order valence-corrected chi connectivity index (χ3v) is 6.59. The number of allylic oxidation sites excluding steroid dienone is 2. The Hall–Kier alpha value is -2.54. The number of carbonyl (C=O) groups is 2. The minimum Gasteiger partial charge on any atom is -0.481 e. The van der Waals surface area contributed by atoms with Crippen molar-refractivity contribution in [3.8, 4) is 18.1 Å². The maximum atomic E-state index is 12.7. The van der Waals surface area contributed by atoms with Crippen LogP contribution in [0.3, 0.4) is 0 Å². The summed E-state index contributed by atoms with van der Waals surface area (Å²) in [4.78, 5) is 31.2. The highest BCUT2D eigenvalue weighted by atomic mass is 127. The molecule has 1 saturated carbocycles. The van der Waals surface area contributed by atoms with Crippen LogP contribution in [0.2, 0.25) is 0 Å². The second kappa shape index (κ2) is 11.5. The van der Waals surface area contributed by atoms with Gasteiger partial charge in [-0.3, -0.25) is 19.5 Å². The van der Waals surface area contributed by atoms with Crippen molar-refractivity contribution in [2.24, 2.45) is 28.7 Å². The molecule has 4 atom stereocenters. The zero-order valence-corrected chi connectivity index (χ0v) is 21.2. The van der Waals surface area contributed by atoms with E-state index < -0.39 is 0 Å². The van der Waals surface area contributed by atoms with Crippen LogP contribution < -0.4 is 15.4 Å². The van der Waals surface area contributed by atoms with Crippen LogP contribution in [0, 0.1) is 36.0 Å². The number of terminal acetylenes is 1. The molecule has 33 heavy (non-hydrogen) atoms. The maximum Gasteiger partial charge on any atom is 0.233 e. The number of carbonyl (C=O) groups excluding carboxylic acids is 2. The standard InChI is InChI=1S/C25H30N4O3.HI/c1-3-15-32-20-9-5-17(6-10-20)11-13-28-25(26-2)27-12-4-14-29-23(30)21-18-7-8-19(16-18)22(21)24(29)31;/h1,5-10,18-19,21-22H,4,11-16H2,2H3,(H2,26,27,28);1H. The molecule has 7 nitrogen and oxygen atoms in total. The van der Waals surface area contributed by atoms with Crippen LogP contribution in [0.5, 0.6) is 5.75 Å². The Bertz CT molecular complexity index is 923. The van der Waals surface area contributed by atoms with Crippen LogP contribution in [-0.2, 0) is 16.0 Å². The van der Waals surface area contributed by atoms with Gasteiger partial charge in [0, 0.05) is 26.7 Å². The Balaban J connectivity index is 0.00000306. The van der Waals surface area contributed by atoms with E-state index in [4.69, 9.17) is 11.2 Å². The van der Waals surface area contributed by atoms with Gasteiger partial charge in [0.15, 0.2) is 5.96 Å². The number of halogens is 1. The summed E-state index contributed by atoms with van der Waals surface area (Å²) >= 11 is 0. The normalized spacial score (nSPS) is 25.0. The van der Waals surface area contributed by atoms with E-state index in [1.54, 1.807) is 7.05 Å². The van der Waals surface area contributed by atoms with Crippen LogP contribution >= 0.6 is 24.0 Å². The minimum atomic E-state index is -0.113. The highest BCUT2D eigenvalue weighted by Crippen LogP contribution is 2.52. The molecule has 2 bridgehead atoms. The molecule has 3 aliphatic rings. The van der Waals surface area contributed by atoms with Gasteiger partial charge >= 0.3 is 0 Å². The van der Waals surface area contributed by atoms with E-state index in [-0.39, 0.29) is 66.1 Å². The average molecular weight is 562 g/mol. The molecule has 0 radical (unpaired) electrons. The Labute approximate surface area is 212 Å². The molecule has 2 aliphatic carbocycles. The van der Waals surface area contributed by atoms with E-state index >= 15 is 0 Å². The van der Waals surface area contributed by atoms with Crippen molar-refractivity contribution in [2.45, 2.75) is 19.3 Å². The number of fused-ring (bicyclic) bond motifs is 5. The number of aliphatic imine (C=N–C) groups is 1. The van der Waals surface area contributed by atoms with Crippen molar-refractivity contribution in [1.82, 2.24) is 15.5 Å². The molecule has 1 aliphatic heterocycles. The van der Waals surface area contributed by atoms with Crippen LogP contribution in [-0.4, -0.2) is 56.0 Å². The first-order valence-electron chi connectivity index (χ1n) is 11.3. The lowest BCUT2D eigenvalue weighted by Crippen LogP contribution is -2.40. The number of hydrogen-bond acceptors (Lipinski definition) is 4. The number of imide groups is 1. The number of amides is 2. The first-order valence-corrected chi connectivity index (χ1v) is 11.3. The second-order valence-electron chi connectivity index (χ2n) is 8.49. The first-order chi connectivity index (χ1) is 15.6. The van der Waals surface area contributed by atoms with Gasteiger partial charge in [-0.2, -0.15) is 0 Å². The lowest BCUT2D eigenvalue weighted by Gasteiger charge is -2.18. The largest absolute Gasteiger partial charge is 0.481 e. The number of guanidine groups is 1. The third kappa shape index (κ3) is 5.52. The number of likely N-dealkylation sites (tertiary alicyclic amines) is 1. The highest BCUT2D eigenvalue weighted by molar-refractivity contribution is 14.0. The van der Waals surface area contributed by atoms with Gasteiger partial charge in [-0.15, -0.1) is 30.4 Å². The van der Waals surface area contributed by atoms with Gasteiger partial charge < -0.3 is 15.4 Å². The van der Waals surface area contributed by atoms with Crippen molar-refractivity contribution in [1.29, 1.82) is 0 Å². The molecule has 8 heteroatoms. The quantitative estimate of drug-likeness (QED) is 0.0918. The fourth-order valence-corrected chi connectivity index (χ4v) is 5.05. The number of nitrogens with zero attached hydrogens (tertiary/aromatic N) is 2. The summed E-state index contributed by atoms with van der Waals surface area (Å²) in [6.45, 7) is 2.09. The fourth-order valence-electron chi connectivity index (χ4n) is 5.05. The van der Waals surface area contributed by atoms with Crippen LogP contribution in [0.1, 0.15) is 18.4 Å². The maximum absolute atomic E-state index is 12.7. The summed E-state index contributed by atoms with van der Waals surface area (Å²) < 4.78 is 5.38. The van der Waals surface area contributed by atoms with Gasteiger partial charge in [0.05, 0.1) is 11.8 Å². The number of benzene rings is 1. The van der Waals surface area contributed by atoms with Gasteiger partial charge in [0.25, 0.3) is 0 Å². The number of hydrogen-bond donors (Lipinski definition) is 2. The summed E-state index contributed by atoms with van der Waals surface area (Å²) in [6, 6.07) is 7.86. The van der Waals surface area contributed by atoms with Crippen molar-refractivity contribution in [3.05, 3.63) is 42.0 Å². The molecule has 0 spiro atoms. The summed E-state index contributed by atoms with van der Waals surface area (Å²) in [5.74, 6) is 4.27. The van der Waals surface area contributed by atoms with Gasteiger partial charge in [0.1, 0.15) is 12.4 Å². The van der Waals surface area contributed by atoms with E-state index in [0.29, 0.717) is 25.5 Å². The molecule has 2 N–H and O–H groups in total. The molecule has 2 fully saturated rings. The molecule has 0 aromatic heterocycles. The van der Waals surface area contributed by atoms with Crippen LogP contribution in [0.15, 0.2) is 41.4 Å². The summed E-state index contributed by atoms with van der Waals surface area (Å²) in [5.41, 5.74) is 1.18. The van der Waals surface area contributed by atoms with Crippen LogP contribution in [0.4, 0.5) is 0 Å². The lowest BCUT2D eigenvalue weighted by atomic mass is 9.85. The number of rotatable bonds is 9. The zero-order chi connectivity index (χ0) is 22.5. The van der Waals surface area contributed by atoms with Gasteiger partial charge in [-0.1, -0.05) is 30.2 Å². The van der Waals surface area contributed by atoms with E-state index in [2.05, 4.69) is 33.7 Å². The topological polar surface area (TPSA) is 83.0 Å². The van der Waals surface area contributed by atoms with Gasteiger partial charge in [0.2, 0.25) is 11.8 Å². The molecular formula is C25H31IN4O3. The summed E-state index contributed by atoms with van der Waals surface area (Å²) in [6.07, 6.45) is 11.9. The molecule has 4 rings (SSSR count). The predicted octanol–water partition coefficient (Wildman–Crippen LogP) is 2.22.